The van der Waals surface area contributed by atoms with Gasteiger partial charge in [0.15, 0.2) is 0 Å². The topological polar surface area (TPSA) is 50.2 Å². The van der Waals surface area contributed by atoms with Crippen LogP contribution in [0.1, 0.15) is 31.9 Å². The minimum Gasteiger partial charge on any atom is -0.323 e. The number of amides is 2. The number of nitrogens with one attached hydrogen (secondary N) is 1. The smallest absolute Gasteiger partial charge is 0.321 e. The molecule has 0 saturated heterocycles. The minimum absolute atomic E-state index is 0.127. The molecule has 6 heteroatoms. The molecule has 0 aliphatic carbocycles. The van der Waals surface area contributed by atoms with Gasteiger partial charge in [0.05, 0.1) is 12.7 Å². The Morgan fingerprint density at radius 3 is 2.62 bits per heavy atom. The fourth-order valence-corrected chi connectivity index (χ4v) is 3.38. The van der Waals surface area contributed by atoms with Crippen molar-refractivity contribution in [3.05, 3.63) is 41.7 Å². The Hall–Kier alpha value is -1.95. The van der Waals surface area contributed by atoms with Crippen molar-refractivity contribution in [2.45, 2.75) is 43.9 Å². The molecule has 2 rings (SSSR count). The van der Waals surface area contributed by atoms with Crippen molar-refractivity contribution in [2.24, 2.45) is 7.05 Å². The fraction of sp³-hybridized carbons (Fsp3) is 0.444. The first kappa shape index (κ1) is 18.4. The van der Waals surface area contributed by atoms with Gasteiger partial charge in [0, 0.05) is 41.2 Å². The van der Waals surface area contributed by atoms with E-state index < -0.39 is 0 Å². The van der Waals surface area contributed by atoms with E-state index in [-0.39, 0.29) is 10.8 Å². The Kier molecular flexibility index (Phi) is 5.59. The number of carbonyl (C=O) groups is 1. The summed E-state index contributed by atoms with van der Waals surface area (Å²) in [5, 5.41) is 7.10. The summed E-state index contributed by atoms with van der Waals surface area (Å²) in [6, 6.07) is 6.02. The maximum Gasteiger partial charge on any atom is 0.321 e. The number of anilines is 1. The molecule has 1 N–H and O–H groups in total. The highest BCUT2D eigenvalue weighted by Gasteiger charge is 2.14. The first-order valence-corrected chi connectivity index (χ1v) is 8.75. The number of hydrogen-bond donors (Lipinski definition) is 1. The van der Waals surface area contributed by atoms with E-state index in [2.05, 4.69) is 43.3 Å². The molecule has 0 bridgehead atoms. The molecule has 0 fully saturated rings. The molecule has 0 radical (unpaired) electrons. The summed E-state index contributed by atoms with van der Waals surface area (Å²) < 4.78 is 1.90. The van der Waals surface area contributed by atoms with E-state index in [0.717, 1.165) is 16.8 Å². The van der Waals surface area contributed by atoms with Crippen molar-refractivity contribution >= 4 is 23.5 Å². The van der Waals surface area contributed by atoms with Gasteiger partial charge in [-0.05, 0) is 30.7 Å². The zero-order valence-electron chi connectivity index (χ0n) is 15.3. The average Bonchev–Trinajstić information content (AvgIpc) is 2.85. The lowest BCUT2D eigenvalue weighted by molar-refractivity contribution is 0.220. The van der Waals surface area contributed by atoms with Crippen molar-refractivity contribution in [1.82, 2.24) is 14.7 Å². The first-order valence-electron chi connectivity index (χ1n) is 7.93. The summed E-state index contributed by atoms with van der Waals surface area (Å²) >= 11 is 1.82. The molecular weight excluding hydrogens is 320 g/mol. The van der Waals surface area contributed by atoms with E-state index >= 15 is 0 Å². The zero-order chi connectivity index (χ0) is 17.9. The molecule has 0 unspecified atom stereocenters. The maximum atomic E-state index is 12.4. The summed E-state index contributed by atoms with van der Waals surface area (Å²) in [5.41, 5.74) is 2.91. The predicted molar refractivity (Wildman–Crippen MR) is 100 cm³/mol. The Morgan fingerprint density at radius 1 is 1.38 bits per heavy atom. The Labute approximate surface area is 148 Å². The van der Waals surface area contributed by atoms with Crippen LogP contribution in [-0.4, -0.2) is 32.5 Å². The van der Waals surface area contributed by atoms with Gasteiger partial charge in [-0.15, -0.1) is 11.8 Å². The molecule has 1 heterocycles. The van der Waals surface area contributed by atoms with Crippen molar-refractivity contribution in [3.8, 4) is 0 Å². The van der Waals surface area contributed by atoms with Gasteiger partial charge < -0.3 is 10.2 Å². The van der Waals surface area contributed by atoms with Crippen molar-refractivity contribution in [1.29, 1.82) is 0 Å². The highest BCUT2D eigenvalue weighted by molar-refractivity contribution is 8.00. The van der Waals surface area contributed by atoms with E-state index in [9.17, 15) is 4.79 Å². The van der Waals surface area contributed by atoms with Crippen molar-refractivity contribution < 1.29 is 4.79 Å². The monoisotopic (exact) mass is 346 g/mol. The van der Waals surface area contributed by atoms with Gasteiger partial charge in [-0.25, -0.2) is 4.79 Å². The quantitative estimate of drug-likeness (QED) is 0.841. The Morgan fingerprint density at radius 2 is 2.08 bits per heavy atom. The normalized spacial score (nSPS) is 11.4. The SMILES string of the molecule is Cc1cc(SC(C)(C)C)ccc1NC(=O)N(C)Cc1cnn(C)c1. The molecule has 2 amide bonds. The first-order chi connectivity index (χ1) is 11.1. The highest BCUT2D eigenvalue weighted by atomic mass is 32.2. The van der Waals surface area contributed by atoms with Gasteiger partial charge in [0.1, 0.15) is 0 Å². The lowest BCUT2D eigenvalue weighted by atomic mass is 10.2. The van der Waals surface area contributed by atoms with Crippen LogP contribution in [0.5, 0.6) is 0 Å². The number of nitrogens with zero attached hydrogens (tertiary/aromatic N) is 3. The number of rotatable bonds is 4. The van der Waals surface area contributed by atoms with Gasteiger partial charge >= 0.3 is 6.03 Å². The van der Waals surface area contributed by atoms with E-state index in [4.69, 9.17) is 0 Å². The highest BCUT2D eigenvalue weighted by Crippen LogP contribution is 2.33. The van der Waals surface area contributed by atoms with Gasteiger partial charge in [0.2, 0.25) is 0 Å². The molecular formula is C18H26N4OS. The molecule has 1 aromatic heterocycles. The van der Waals surface area contributed by atoms with Crippen molar-refractivity contribution in [3.63, 3.8) is 0 Å². The number of thioether (sulfide) groups is 1. The van der Waals surface area contributed by atoms with Crippen LogP contribution in [0, 0.1) is 6.92 Å². The Bertz CT molecular complexity index is 718. The minimum atomic E-state index is -0.127. The fourth-order valence-electron chi connectivity index (χ4n) is 2.30. The van der Waals surface area contributed by atoms with Crippen molar-refractivity contribution in [2.75, 3.05) is 12.4 Å². The maximum absolute atomic E-state index is 12.4. The number of carbonyl (C=O) groups excluding carboxylic acids is 1. The van der Waals surface area contributed by atoms with Gasteiger partial charge in [0.25, 0.3) is 0 Å². The lowest BCUT2D eigenvalue weighted by Crippen LogP contribution is -2.31. The number of aromatic nitrogens is 2. The third-order valence-corrected chi connectivity index (χ3v) is 4.49. The summed E-state index contributed by atoms with van der Waals surface area (Å²) in [5.74, 6) is 0. The summed E-state index contributed by atoms with van der Waals surface area (Å²) in [6.45, 7) is 9.11. The van der Waals surface area contributed by atoms with E-state index in [1.54, 1.807) is 22.8 Å². The zero-order valence-corrected chi connectivity index (χ0v) is 16.1. The molecule has 0 aliphatic heterocycles. The van der Waals surface area contributed by atoms with E-state index in [1.165, 1.54) is 4.90 Å². The third-order valence-electron chi connectivity index (χ3n) is 3.39. The van der Waals surface area contributed by atoms with Crippen LogP contribution < -0.4 is 5.32 Å². The molecule has 0 aliphatic rings. The second-order valence-corrected chi connectivity index (χ2v) is 8.90. The van der Waals surface area contributed by atoms with Gasteiger partial charge in [-0.1, -0.05) is 20.8 Å². The van der Waals surface area contributed by atoms with Crippen LogP contribution in [0.2, 0.25) is 0 Å². The number of benzene rings is 1. The molecule has 0 saturated carbocycles. The molecule has 5 nitrogen and oxygen atoms in total. The third kappa shape index (κ3) is 5.30. The average molecular weight is 347 g/mol. The van der Waals surface area contributed by atoms with E-state index in [1.807, 2.05) is 38.0 Å². The second kappa shape index (κ2) is 7.30. The number of urea groups is 1. The van der Waals surface area contributed by atoms with Gasteiger partial charge in [-0.2, -0.15) is 5.10 Å². The molecule has 24 heavy (non-hydrogen) atoms. The number of hydrogen-bond acceptors (Lipinski definition) is 3. The van der Waals surface area contributed by atoms with E-state index in [0.29, 0.717) is 6.54 Å². The number of aryl methyl sites for hydroxylation is 2. The second-order valence-electron chi connectivity index (χ2n) is 7.00. The predicted octanol–water partition coefficient (Wildman–Crippen LogP) is 4.28. The molecule has 0 spiro atoms. The van der Waals surface area contributed by atoms with Crippen LogP contribution in [-0.2, 0) is 13.6 Å². The molecule has 2 aromatic rings. The lowest BCUT2D eigenvalue weighted by Gasteiger charge is -2.20. The van der Waals surface area contributed by atoms with Crippen LogP contribution in [0.4, 0.5) is 10.5 Å². The molecule has 0 atom stereocenters. The molecule has 1 aromatic carbocycles. The summed E-state index contributed by atoms with van der Waals surface area (Å²) in [4.78, 5) is 15.2. The molecule has 130 valence electrons. The largest absolute Gasteiger partial charge is 0.323 e. The summed E-state index contributed by atoms with van der Waals surface area (Å²) in [7, 11) is 3.64. The van der Waals surface area contributed by atoms with Crippen LogP contribution in [0.25, 0.3) is 0 Å². The standard InChI is InChI=1S/C18H26N4OS/c1-13-9-15(24-18(2,3)4)7-8-16(13)20-17(23)21(5)11-14-10-19-22(6)12-14/h7-10,12H,11H2,1-6H3,(H,20,23). The van der Waals surface area contributed by atoms with Crippen LogP contribution in [0.15, 0.2) is 35.5 Å². The summed E-state index contributed by atoms with van der Waals surface area (Å²) in [6.07, 6.45) is 3.68. The van der Waals surface area contributed by atoms with Crippen LogP contribution in [0.3, 0.4) is 0 Å². The Balaban J connectivity index is 2.00. The van der Waals surface area contributed by atoms with Crippen LogP contribution >= 0.6 is 11.8 Å². The van der Waals surface area contributed by atoms with Gasteiger partial charge in [-0.3, -0.25) is 4.68 Å².